The van der Waals surface area contributed by atoms with Crippen LogP contribution in [0.15, 0.2) is 48.5 Å². The van der Waals surface area contributed by atoms with Crippen molar-refractivity contribution in [1.29, 1.82) is 0 Å². The van der Waals surface area contributed by atoms with Crippen LogP contribution in [0.3, 0.4) is 0 Å². The van der Waals surface area contributed by atoms with Crippen LogP contribution in [0.1, 0.15) is 31.1 Å². The van der Waals surface area contributed by atoms with Gasteiger partial charge in [0.15, 0.2) is 11.6 Å². The van der Waals surface area contributed by atoms with Crippen LogP contribution >= 0.6 is 0 Å². The van der Waals surface area contributed by atoms with E-state index in [4.69, 9.17) is 5.11 Å². The number of carboxylic acid groups (broad SMARTS) is 2. The molecular formula is C21H13F2NO7. The third kappa shape index (κ3) is 4.27. The van der Waals surface area contributed by atoms with Crippen LogP contribution in [-0.2, 0) is 0 Å². The first-order valence-corrected chi connectivity index (χ1v) is 8.52. The van der Waals surface area contributed by atoms with Crippen LogP contribution in [0.2, 0.25) is 0 Å². The first-order valence-electron chi connectivity index (χ1n) is 8.52. The monoisotopic (exact) mass is 429 g/mol. The number of carbonyl (C=O) groups excluding carboxylic acids is 1. The molecule has 0 aromatic heterocycles. The van der Waals surface area contributed by atoms with E-state index in [1.165, 1.54) is 24.3 Å². The minimum Gasteiger partial charge on any atom is -0.507 e. The lowest BCUT2D eigenvalue weighted by molar-refractivity contribution is 0.0692. The summed E-state index contributed by atoms with van der Waals surface area (Å²) in [5, 5.41) is 40.4. The first-order chi connectivity index (χ1) is 14.6. The summed E-state index contributed by atoms with van der Waals surface area (Å²) in [7, 11) is 0. The van der Waals surface area contributed by atoms with E-state index in [9.17, 15) is 38.5 Å². The average Bonchev–Trinajstić information content (AvgIpc) is 2.71. The molecule has 3 aromatic rings. The summed E-state index contributed by atoms with van der Waals surface area (Å²) >= 11 is 0. The summed E-state index contributed by atoms with van der Waals surface area (Å²) < 4.78 is 26.7. The van der Waals surface area contributed by atoms with Gasteiger partial charge < -0.3 is 25.7 Å². The fourth-order valence-electron chi connectivity index (χ4n) is 2.81. The second-order valence-corrected chi connectivity index (χ2v) is 6.34. The fourth-order valence-corrected chi connectivity index (χ4v) is 2.81. The summed E-state index contributed by atoms with van der Waals surface area (Å²) in [6.45, 7) is 0. The second kappa shape index (κ2) is 8.11. The molecule has 0 aliphatic rings. The highest BCUT2D eigenvalue weighted by Crippen LogP contribution is 2.32. The summed E-state index contributed by atoms with van der Waals surface area (Å²) in [6, 6.07) is 8.21. The maximum Gasteiger partial charge on any atom is 0.339 e. The summed E-state index contributed by atoms with van der Waals surface area (Å²) in [4.78, 5) is 35.2. The van der Waals surface area contributed by atoms with Crippen molar-refractivity contribution in [3.05, 3.63) is 76.9 Å². The molecular weight excluding hydrogens is 416 g/mol. The molecule has 3 aromatic carbocycles. The second-order valence-electron chi connectivity index (χ2n) is 6.34. The summed E-state index contributed by atoms with van der Waals surface area (Å²) in [5.41, 5.74) is -1.61. The van der Waals surface area contributed by atoms with E-state index in [2.05, 4.69) is 5.32 Å². The number of aromatic carboxylic acids is 2. The van der Waals surface area contributed by atoms with Crippen LogP contribution in [0, 0.1) is 11.6 Å². The molecule has 0 unspecified atom stereocenters. The third-order valence-corrected chi connectivity index (χ3v) is 4.34. The average molecular weight is 429 g/mol. The zero-order valence-corrected chi connectivity index (χ0v) is 15.4. The number of rotatable bonds is 5. The van der Waals surface area contributed by atoms with Gasteiger partial charge in [-0.15, -0.1) is 0 Å². The van der Waals surface area contributed by atoms with Crippen molar-refractivity contribution in [2.45, 2.75) is 0 Å². The SMILES string of the molecule is O=C(O)c1cc(C(=O)O)c(C(=O)Nc2cc(-c3ccc(F)c(F)c3)ccc2O)cc1O. The Balaban J connectivity index is 2.00. The highest BCUT2D eigenvalue weighted by Gasteiger charge is 2.23. The number of phenols is 2. The number of anilines is 1. The maximum atomic E-state index is 13.5. The minimum atomic E-state index is -1.62. The Kier molecular flexibility index (Phi) is 5.56. The molecule has 31 heavy (non-hydrogen) atoms. The van der Waals surface area contributed by atoms with Crippen molar-refractivity contribution < 1.29 is 43.6 Å². The molecule has 10 heteroatoms. The van der Waals surface area contributed by atoms with Crippen LogP contribution in [-0.4, -0.2) is 38.3 Å². The number of amides is 1. The van der Waals surface area contributed by atoms with Crippen molar-refractivity contribution in [1.82, 2.24) is 0 Å². The molecule has 0 aliphatic heterocycles. The van der Waals surface area contributed by atoms with Gasteiger partial charge >= 0.3 is 11.9 Å². The lowest BCUT2D eigenvalue weighted by Gasteiger charge is -2.12. The van der Waals surface area contributed by atoms with Crippen molar-refractivity contribution in [3.8, 4) is 22.6 Å². The number of halogens is 2. The minimum absolute atomic E-state index is 0.189. The van der Waals surface area contributed by atoms with Gasteiger partial charge in [0, 0.05) is 0 Å². The molecule has 0 fully saturated rings. The van der Waals surface area contributed by atoms with Crippen molar-refractivity contribution in [2.75, 3.05) is 5.32 Å². The first kappa shape index (κ1) is 21.2. The van der Waals surface area contributed by atoms with E-state index < -0.39 is 57.7 Å². The topological polar surface area (TPSA) is 144 Å². The largest absolute Gasteiger partial charge is 0.507 e. The number of nitrogens with one attached hydrogen (secondary N) is 1. The Morgan fingerprint density at radius 2 is 1.29 bits per heavy atom. The quantitative estimate of drug-likeness (QED) is 0.389. The number of carbonyl (C=O) groups is 3. The van der Waals surface area contributed by atoms with E-state index in [-0.39, 0.29) is 11.3 Å². The van der Waals surface area contributed by atoms with Gasteiger partial charge in [-0.05, 0) is 47.5 Å². The van der Waals surface area contributed by atoms with Gasteiger partial charge in [0.25, 0.3) is 5.91 Å². The summed E-state index contributed by atoms with van der Waals surface area (Å²) in [5.74, 6) is -7.68. The number of hydrogen-bond acceptors (Lipinski definition) is 5. The van der Waals surface area contributed by atoms with Gasteiger partial charge in [-0.2, -0.15) is 0 Å². The standard InChI is InChI=1S/C21H13F2NO7/c22-14-3-1-9(5-15(14)23)10-2-4-17(25)16(6-10)24-19(27)11-8-18(26)13(21(30)31)7-12(11)20(28)29/h1-8,25-26H,(H,24,27)(H,28,29)(H,30,31). The Labute approximate surface area is 172 Å². The van der Waals surface area contributed by atoms with Gasteiger partial charge in [0.1, 0.15) is 17.1 Å². The number of phenolic OH excluding ortho intramolecular Hbond substituents is 1. The molecule has 0 saturated carbocycles. The van der Waals surface area contributed by atoms with Gasteiger partial charge in [0.2, 0.25) is 0 Å². The Morgan fingerprint density at radius 3 is 1.90 bits per heavy atom. The van der Waals surface area contributed by atoms with Crippen LogP contribution < -0.4 is 5.32 Å². The van der Waals surface area contributed by atoms with E-state index in [0.717, 1.165) is 12.1 Å². The molecule has 0 bridgehead atoms. The number of carboxylic acids is 2. The van der Waals surface area contributed by atoms with E-state index in [1.54, 1.807) is 0 Å². The Hall–Kier alpha value is -4.47. The van der Waals surface area contributed by atoms with E-state index >= 15 is 0 Å². The molecule has 3 rings (SSSR count). The highest BCUT2D eigenvalue weighted by molar-refractivity contribution is 6.12. The third-order valence-electron chi connectivity index (χ3n) is 4.34. The van der Waals surface area contributed by atoms with E-state index in [0.29, 0.717) is 17.7 Å². The molecule has 0 heterocycles. The molecule has 0 aliphatic carbocycles. The molecule has 158 valence electrons. The van der Waals surface area contributed by atoms with Crippen molar-refractivity contribution >= 4 is 23.5 Å². The highest BCUT2D eigenvalue weighted by atomic mass is 19.2. The normalized spacial score (nSPS) is 10.5. The number of hydrogen-bond donors (Lipinski definition) is 5. The van der Waals surface area contributed by atoms with Crippen LogP contribution in [0.4, 0.5) is 14.5 Å². The lowest BCUT2D eigenvalue weighted by Crippen LogP contribution is -2.17. The number of aromatic hydroxyl groups is 2. The molecule has 0 radical (unpaired) electrons. The van der Waals surface area contributed by atoms with Gasteiger partial charge in [-0.1, -0.05) is 12.1 Å². The smallest absolute Gasteiger partial charge is 0.339 e. The fraction of sp³-hybridized carbons (Fsp3) is 0. The maximum absolute atomic E-state index is 13.5. The molecule has 8 nitrogen and oxygen atoms in total. The molecule has 0 spiro atoms. The number of benzene rings is 3. The van der Waals surface area contributed by atoms with Gasteiger partial charge in [-0.3, -0.25) is 4.79 Å². The van der Waals surface area contributed by atoms with Gasteiger partial charge in [0.05, 0.1) is 16.8 Å². The molecule has 0 atom stereocenters. The van der Waals surface area contributed by atoms with Gasteiger partial charge in [-0.25, -0.2) is 18.4 Å². The van der Waals surface area contributed by atoms with Crippen LogP contribution in [0.25, 0.3) is 11.1 Å². The zero-order chi connectivity index (χ0) is 22.9. The van der Waals surface area contributed by atoms with E-state index in [1.807, 2.05) is 0 Å². The van der Waals surface area contributed by atoms with Crippen LogP contribution in [0.5, 0.6) is 11.5 Å². The Bertz CT molecular complexity index is 1240. The predicted octanol–water partition coefficient (Wildman–Crippen LogP) is 3.69. The molecule has 0 saturated heterocycles. The van der Waals surface area contributed by atoms with Crippen molar-refractivity contribution in [3.63, 3.8) is 0 Å². The summed E-state index contributed by atoms with van der Waals surface area (Å²) in [6.07, 6.45) is 0. The predicted molar refractivity (Wildman–Crippen MR) is 103 cm³/mol. The molecule has 5 N–H and O–H groups in total. The molecule has 1 amide bonds. The zero-order valence-electron chi connectivity index (χ0n) is 15.4. The lowest BCUT2D eigenvalue weighted by atomic mass is 10.0. The van der Waals surface area contributed by atoms with Crippen molar-refractivity contribution in [2.24, 2.45) is 0 Å². The Morgan fingerprint density at radius 1 is 0.677 bits per heavy atom.